The first kappa shape index (κ1) is 13.4. The first-order chi connectivity index (χ1) is 9.02. The van der Waals surface area contributed by atoms with Gasteiger partial charge in [-0.25, -0.2) is 13.1 Å². The molecule has 3 rings (SSSR count). The summed E-state index contributed by atoms with van der Waals surface area (Å²) < 4.78 is 27.2. The van der Waals surface area contributed by atoms with E-state index in [1.54, 1.807) is 24.3 Å². The normalized spacial score (nSPS) is 29.8. The van der Waals surface area contributed by atoms with E-state index >= 15 is 0 Å². The average molecular weight is 300 g/mol. The molecular weight excluding hydrogens is 282 g/mol. The van der Waals surface area contributed by atoms with Crippen LogP contribution < -0.4 is 4.72 Å². The number of nitrogens with one attached hydrogen (secondary N) is 1. The number of hydrogen-bond acceptors (Lipinski definition) is 2. The van der Waals surface area contributed by atoms with Crippen molar-refractivity contribution in [2.75, 3.05) is 0 Å². The van der Waals surface area contributed by atoms with Gasteiger partial charge in [0.15, 0.2) is 0 Å². The van der Waals surface area contributed by atoms with Crippen molar-refractivity contribution >= 4 is 21.6 Å². The number of rotatable bonds is 4. The molecule has 0 aromatic heterocycles. The maximum Gasteiger partial charge on any atom is 0.216 e. The van der Waals surface area contributed by atoms with Crippen LogP contribution in [-0.2, 0) is 15.8 Å². The third-order valence-electron chi connectivity index (χ3n) is 4.34. The zero-order valence-electron chi connectivity index (χ0n) is 10.7. The van der Waals surface area contributed by atoms with E-state index in [1.165, 1.54) is 19.3 Å². The van der Waals surface area contributed by atoms with Gasteiger partial charge in [-0.05, 0) is 48.8 Å². The van der Waals surface area contributed by atoms with E-state index in [9.17, 15) is 8.42 Å². The number of hydrogen-bond donors (Lipinski definition) is 1. The van der Waals surface area contributed by atoms with E-state index < -0.39 is 10.0 Å². The molecule has 0 amide bonds. The van der Waals surface area contributed by atoms with Crippen LogP contribution >= 0.6 is 11.6 Å². The molecule has 1 aromatic rings. The molecule has 0 aliphatic heterocycles. The van der Waals surface area contributed by atoms with Crippen LogP contribution in [0.4, 0.5) is 0 Å². The number of sulfonamides is 1. The third kappa shape index (κ3) is 3.12. The average Bonchev–Trinajstić information content (AvgIpc) is 2.93. The van der Waals surface area contributed by atoms with E-state index in [0.29, 0.717) is 10.9 Å². The van der Waals surface area contributed by atoms with E-state index in [-0.39, 0.29) is 11.8 Å². The van der Waals surface area contributed by atoms with Gasteiger partial charge in [-0.3, -0.25) is 0 Å². The van der Waals surface area contributed by atoms with Crippen molar-refractivity contribution in [2.24, 2.45) is 11.8 Å². The number of fused-ring (bicyclic) bond motifs is 2. The molecule has 0 radical (unpaired) electrons. The molecule has 0 saturated heterocycles. The molecule has 2 aliphatic rings. The van der Waals surface area contributed by atoms with Crippen LogP contribution in [0, 0.1) is 11.8 Å². The quantitative estimate of drug-likeness (QED) is 0.929. The van der Waals surface area contributed by atoms with Crippen LogP contribution in [0.1, 0.15) is 31.2 Å². The lowest BCUT2D eigenvalue weighted by Gasteiger charge is -2.22. The highest BCUT2D eigenvalue weighted by molar-refractivity contribution is 7.88. The van der Waals surface area contributed by atoms with Crippen molar-refractivity contribution in [1.82, 2.24) is 4.72 Å². The summed E-state index contributed by atoms with van der Waals surface area (Å²) in [7, 11) is -3.25. The Morgan fingerprint density at radius 3 is 2.47 bits per heavy atom. The van der Waals surface area contributed by atoms with Crippen LogP contribution in [0.25, 0.3) is 0 Å². The second-order valence-electron chi connectivity index (χ2n) is 5.78. The molecule has 0 heterocycles. The van der Waals surface area contributed by atoms with Crippen LogP contribution in [0.2, 0.25) is 5.02 Å². The first-order valence-corrected chi connectivity index (χ1v) is 8.79. The van der Waals surface area contributed by atoms with Crippen molar-refractivity contribution in [2.45, 2.75) is 37.5 Å². The van der Waals surface area contributed by atoms with Crippen molar-refractivity contribution < 1.29 is 8.42 Å². The largest absolute Gasteiger partial charge is 0.216 e. The number of halogens is 1. The number of benzene rings is 1. The molecule has 104 valence electrons. The SMILES string of the molecule is O=S(=O)(Cc1ccc(Cl)cc1)N[C@@H]1C[C@H]2CC[C@H]1C2. The molecule has 2 bridgehead atoms. The molecule has 2 fully saturated rings. The van der Waals surface area contributed by atoms with Crippen molar-refractivity contribution in [3.05, 3.63) is 34.9 Å². The summed E-state index contributed by atoms with van der Waals surface area (Å²) in [5.41, 5.74) is 0.778. The second kappa shape index (κ2) is 5.08. The molecule has 3 nitrogen and oxygen atoms in total. The lowest BCUT2D eigenvalue weighted by atomic mass is 9.96. The summed E-state index contributed by atoms with van der Waals surface area (Å²) in [6, 6.07) is 7.15. The predicted octanol–water partition coefficient (Wildman–Crippen LogP) is 2.95. The molecule has 2 saturated carbocycles. The van der Waals surface area contributed by atoms with Gasteiger partial charge in [0.05, 0.1) is 5.75 Å². The fraction of sp³-hybridized carbons (Fsp3) is 0.571. The van der Waals surface area contributed by atoms with Crippen LogP contribution in [0.15, 0.2) is 24.3 Å². The van der Waals surface area contributed by atoms with E-state index in [4.69, 9.17) is 11.6 Å². The fourth-order valence-electron chi connectivity index (χ4n) is 3.46. The van der Waals surface area contributed by atoms with Gasteiger partial charge in [0.2, 0.25) is 10.0 Å². The molecule has 1 N–H and O–H groups in total. The Morgan fingerprint density at radius 2 is 1.89 bits per heavy atom. The molecule has 0 spiro atoms. The Bertz CT molecular complexity index is 555. The van der Waals surface area contributed by atoms with Gasteiger partial charge in [0.1, 0.15) is 0 Å². The first-order valence-electron chi connectivity index (χ1n) is 6.76. The fourth-order valence-corrected chi connectivity index (χ4v) is 5.05. The highest BCUT2D eigenvalue weighted by Gasteiger charge is 2.40. The van der Waals surface area contributed by atoms with Crippen molar-refractivity contribution in [3.8, 4) is 0 Å². The second-order valence-corrected chi connectivity index (χ2v) is 7.98. The standard InChI is InChI=1S/C14H18ClNO2S/c15-13-5-2-10(3-6-13)9-19(17,18)16-14-8-11-1-4-12(14)7-11/h2-3,5-6,11-12,14,16H,1,4,7-9H2/t11-,12-,14+/m0/s1. The Morgan fingerprint density at radius 1 is 1.16 bits per heavy atom. The van der Waals surface area contributed by atoms with Crippen LogP contribution in [-0.4, -0.2) is 14.5 Å². The minimum absolute atomic E-state index is 0.0397. The topological polar surface area (TPSA) is 46.2 Å². The zero-order valence-corrected chi connectivity index (χ0v) is 12.3. The molecule has 3 atom stereocenters. The van der Waals surface area contributed by atoms with Gasteiger partial charge in [0, 0.05) is 11.1 Å². The lowest BCUT2D eigenvalue weighted by molar-refractivity contribution is 0.390. The molecule has 19 heavy (non-hydrogen) atoms. The summed E-state index contributed by atoms with van der Waals surface area (Å²) in [5, 5.41) is 0.627. The van der Waals surface area contributed by atoms with Gasteiger partial charge in [0.25, 0.3) is 0 Å². The van der Waals surface area contributed by atoms with Gasteiger partial charge < -0.3 is 0 Å². The molecule has 5 heteroatoms. The summed E-state index contributed by atoms with van der Waals surface area (Å²) in [4.78, 5) is 0. The van der Waals surface area contributed by atoms with Crippen molar-refractivity contribution in [3.63, 3.8) is 0 Å². The summed E-state index contributed by atoms with van der Waals surface area (Å²) in [6.07, 6.45) is 4.68. The maximum absolute atomic E-state index is 12.2. The van der Waals surface area contributed by atoms with Crippen LogP contribution in [0.3, 0.4) is 0 Å². The Balaban J connectivity index is 1.64. The summed E-state index contributed by atoms with van der Waals surface area (Å²) in [6.45, 7) is 0. The molecule has 2 aliphatic carbocycles. The molecule has 0 unspecified atom stereocenters. The summed E-state index contributed by atoms with van der Waals surface area (Å²) >= 11 is 5.80. The minimum Gasteiger partial charge on any atom is -0.212 e. The van der Waals surface area contributed by atoms with Gasteiger partial charge >= 0.3 is 0 Å². The predicted molar refractivity (Wildman–Crippen MR) is 76.4 cm³/mol. The minimum atomic E-state index is -3.25. The highest BCUT2D eigenvalue weighted by Crippen LogP contribution is 2.44. The monoisotopic (exact) mass is 299 g/mol. The summed E-state index contributed by atoms with van der Waals surface area (Å²) in [5.74, 6) is 1.34. The van der Waals surface area contributed by atoms with Crippen molar-refractivity contribution in [1.29, 1.82) is 0 Å². The smallest absolute Gasteiger partial charge is 0.212 e. The highest BCUT2D eigenvalue weighted by atomic mass is 35.5. The maximum atomic E-state index is 12.2. The Labute approximate surface area is 119 Å². The van der Waals surface area contributed by atoms with Gasteiger partial charge in [-0.15, -0.1) is 0 Å². The Kier molecular flexibility index (Phi) is 3.58. The third-order valence-corrected chi connectivity index (χ3v) is 5.97. The van der Waals surface area contributed by atoms with Gasteiger partial charge in [-0.1, -0.05) is 30.2 Å². The zero-order chi connectivity index (χ0) is 13.5. The molecular formula is C14H18ClNO2S. The lowest BCUT2D eigenvalue weighted by Crippen LogP contribution is -2.39. The Hall–Kier alpha value is -0.580. The van der Waals surface area contributed by atoms with E-state index in [2.05, 4.69) is 4.72 Å². The molecule has 1 aromatic carbocycles. The van der Waals surface area contributed by atoms with Crippen LogP contribution in [0.5, 0.6) is 0 Å². The van der Waals surface area contributed by atoms with E-state index in [0.717, 1.165) is 17.9 Å². The van der Waals surface area contributed by atoms with E-state index in [1.807, 2.05) is 0 Å². The van der Waals surface area contributed by atoms with Gasteiger partial charge in [-0.2, -0.15) is 0 Å².